The largest absolute Gasteiger partial charge is 0.208 e. The Morgan fingerprint density at radius 1 is 0.340 bits per heavy atom. The summed E-state index contributed by atoms with van der Waals surface area (Å²) >= 11 is 0. The van der Waals surface area contributed by atoms with Crippen molar-refractivity contribution in [1.82, 2.24) is 15.0 Å². The van der Waals surface area contributed by atoms with Gasteiger partial charge in [-0.05, 0) is 97.0 Å². The lowest BCUT2D eigenvalue weighted by molar-refractivity contribution is 1.07. The molecule has 0 spiro atoms. The van der Waals surface area contributed by atoms with Crippen LogP contribution in [0.1, 0.15) is 5.56 Å². The minimum Gasteiger partial charge on any atom is -0.208 e. The van der Waals surface area contributed by atoms with Gasteiger partial charge >= 0.3 is 0 Å². The number of nitrogens with zero attached hydrogens (tertiary/aromatic N) is 4. The SMILES string of the molecule is N#Cc1cccc(-c2cc(-c3nc(-c4ccccc4)nc(-c4ccc5ccccc5c4)n3)cc(-c3cc4ccccc4c4ccccc34)c2)c1. The summed E-state index contributed by atoms with van der Waals surface area (Å²) in [5.41, 5.74) is 7.38. The molecule has 9 rings (SSSR count). The summed E-state index contributed by atoms with van der Waals surface area (Å²) in [7, 11) is 0. The van der Waals surface area contributed by atoms with Crippen LogP contribution in [0, 0.1) is 11.3 Å². The van der Waals surface area contributed by atoms with Gasteiger partial charge in [-0.25, -0.2) is 15.0 Å². The molecule has 0 aliphatic carbocycles. The van der Waals surface area contributed by atoms with E-state index in [1.807, 2.05) is 66.7 Å². The fourth-order valence-electron chi connectivity index (χ4n) is 6.82. The molecular formula is C46H28N4. The van der Waals surface area contributed by atoms with Crippen LogP contribution in [0.15, 0.2) is 170 Å². The molecule has 0 bridgehead atoms. The van der Waals surface area contributed by atoms with Crippen LogP contribution in [0.5, 0.6) is 0 Å². The van der Waals surface area contributed by atoms with Gasteiger partial charge in [-0.15, -0.1) is 0 Å². The number of aromatic nitrogens is 3. The second-order valence-corrected chi connectivity index (χ2v) is 12.4. The molecule has 50 heavy (non-hydrogen) atoms. The van der Waals surface area contributed by atoms with Crippen LogP contribution < -0.4 is 0 Å². The van der Waals surface area contributed by atoms with E-state index in [9.17, 15) is 5.26 Å². The van der Waals surface area contributed by atoms with Crippen molar-refractivity contribution in [3.63, 3.8) is 0 Å². The summed E-state index contributed by atoms with van der Waals surface area (Å²) in [4.78, 5) is 15.3. The third-order valence-corrected chi connectivity index (χ3v) is 9.27. The van der Waals surface area contributed by atoms with Crippen molar-refractivity contribution >= 4 is 32.3 Å². The number of rotatable bonds is 5. The van der Waals surface area contributed by atoms with Crippen molar-refractivity contribution in [2.75, 3.05) is 0 Å². The molecule has 0 radical (unpaired) electrons. The van der Waals surface area contributed by atoms with E-state index in [1.165, 1.54) is 16.2 Å². The fourth-order valence-corrected chi connectivity index (χ4v) is 6.82. The van der Waals surface area contributed by atoms with E-state index in [0.29, 0.717) is 23.0 Å². The standard InChI is InChI=1S/C46H28N4/c47-29-30-11-10-17-33(23-30)37-25-38(43-28-35-16-6-7-18-40(35)41-19-8-9-20-42(41)43)27-39(26-37)46-49-44(32-13-2-1-3-14-32)48-45(50-46)36-22-21-31-12-4-5-15-34(31)24-36/h1-28H. The van der Waals surface area contributed by atoms with Crippen molar-refractivity contribution in [1.29, 1.82) is 5.26 Å². The van der Waals surface area contributed by atoms with Gasteiger partial charge in [0.2, 0.25) is 0 Å². The Morgan fingerprint density at radius 2 is 0.940 bits per heavy atom. The highest BCUT2D eigenvalue weighted by atomic mass is 15.0. The van der Waals surface area contributed by atoms with Crippen LogP contribution >= 0.6 is 0 Å². The van der Waals surface area contributed by atoms with E-state index in [-0.39, 0.29) is 0 Å². The summed E-state index contributed by atoms with van der Waals surface area (Å²) in [6.45, 7) is 0. The monoisotopic (exact) mass is 636 g/mol. The summed E-state index contributed by atoms with van der Waals surface area (Å²) in [6, 6.07) is 60.6. The molecule has 0 atom stereocenters. The van der Waals surface area contributed by atoms with Crippen LogP contribution in [0.3, 0.4) is 0 Å². The third-order valence-electron chi connectivity index (χ3n) is 9.27. The van der Waals surface area contributed by atoms with Crippen LogP contribution in [-0.4, -0.2) is 15.0 Å². The van der Waals surface area contributed by atoms with E-state index in [1.54, 1.807) is 0 Å². The van der Waals surface area contributed by atoms with Gasteiger partial charge in [0.1, 0.15) is 0 Å². The van der Waals surface area contributed by atoms with Gasteiger partial charge in [-0.3, -0.25) is 0 Å². The van der Waals surface area contributed by atoms with Crippen molar-refractivity contribution < 1.29 is 0 Å². The van der Waals surface area contributed by atoms with Crippen molar-refractivity contribution in [3.8, 4) is 62.5 Å². The predicted molar refractivity (Wildman–Crippen MR) is 204 cm³/mol. The maximum Gasteiger partial charge on any atom is 0.164 e. The summed E-state index contributed by atoms with van der Waals surface area (Å²) in [5, 5.41) is 16.8. The lowest BCUT2D eigenvalue weighted by atomic mass is 9.90. The Labute approximate surface area is 289 Å². The molecule has 8 aromatic carbocycles. The van der Waals surface area contributed by atoms with Gasteiger partial charge in [0.15, 0.2) is 17.5 Å². The predicted octanol–water partition coefficient (Wildman–Crippen LogP) is 11.5. The van der Waals surface area contributed by atoms with Gasteiger partial charge in [-0.2, -0.15) is 5.26 Å². The maximum absolute atomic E-state index is 9.76. The van der Waals surface area contributed by atoms with E-state index >= 15 is 0 Å². The average molecular weight is 637 g/mol. The molecule has 0 aliphatic heterocycles. The number of nitriles is 1. The second-order valence-electron chi connectivity index (χ2n) is 12.4. The zero-order valence-electron chi connectivity index (χ0n) is 27.0. The smallest absolute Gasteiger partial charge is 0.164 e. The summed E-state index contributed by atoms with van der Waals surface area (Å²) in [6.07, 6.45) is 0. The van der Waals surface area contributed by atoms with Crippen LogP contribution in [0.2, 0.25) is 0 Å². The molecule has 4 heteroatoms. The third kappa shape index (κ3) is 5.34. The molecule has 9 aromatic rings. The van der Waals surface area contributed by atoms with E-state index in [2.05, 4.69) is 109 Å². The van der Waals surface area contributed by atoms with Gasteiger partial charge in [-0.1, -0.05) is 127 Å². The number of benzene rings is 8. The van der Waals surface area contributed by atoms with Crippen LogP contribution in [0.25, 0.3) is 88.7 Å². The Balaban J connectivity index is 1.32. The molecule has 0 amide bonds. The molecule has 0 unspecified atom stereocenters. The van der Waals surface area contributed by atoms with Crippen LogP contribution in [-0.2, 0) is 0 Å². The molecule has 1 aromatic heterocycles. The van der Waals surface area contributed by atoms with Gasteiger partial charge < -0.3 is 0 Å². The van der Waals surface area contributed by atoms with Crippen molar-refractivity contribution in [2.45, 2.75) is 0 Å². The molecule has 0 fully saturated rings. The summed E-state index contributed by atoms with van der Waals surface area (Å²) in [5.74, 6) is 1.79. The molecule has 0 aliphatic rings. The number of hydrogen-bond acceptors (Lipinski definition) is 4. The van der Waals surface area contributed by atoms with E-state index in [0.717, 1.165) is 55.1 Å². The highest BCUT2D eigenvalue weighted by molar-refractivity contribution is 6.14. The quantitative estimate of drug-likeness (QED) is 0.176. The lowest BCUT2D eigenvalue weighted by Gasteiger charge is -2.15. The normalized spacial score (nSPS) is 11.2. The minimum absolute atomic E-state index is 0.576. The number of hydrogen-bond donors (Lipinski definition) is 0. The Bertz CT molecular complexity index is 2780. The first-order chi connectivity index (χ1) is 24.7. The first kappa shape index (κ1) is 29.2. The number of fused-ring (bicyclic) bond motifs is 4. The Morgan fingerprint density at radius 3 is 1.74 bits per heavy atom. The van der Waals surface area contributed by atoms with Gasteiger partial charge in [0.05, 0.1) is 11.6 Å². The Kier molecular flexibility index (Phi) is 7.15. The molecule has 1 heterocycles. The topological polar surface area (TPSA) is 62.5 Å². The highest BCUT2D eigenvalue weighted by Gasteiger charge is 2.17. The second kappa shape index (κ2) is 12.2. The van der Waals surface area contributed by atoms with Crippen LogP contribution in [0.4, 0.5) is 0 Å². The summed E-state index contributed by atoms with van der Waals surface area (Å²) < 4.78 is 0. The Hall–Kier alpha value is -6.96. The minimum atomic E-state index is 0.576. The fraction of sp³-hybridized carbons (Fsp3) is 0. The van der Waals surface area contributed by atoms with Gasteiger partial charge in [0, 0.05) is 16.7 Å². The van der Waals surface area contributed by atoms with Crippen molar-refractivity contribution in [3.05, 3.63) is 175 Å². The van der Waals surface area contributed by atoms with E-state index in [4.69, 9.17) is 15.0 Å². The molecule has 4 nitrogen and oxygen atoms in total. The lowest BCUT2D eigenvalue weighted by Crippen LogP contribution is -2.00. The maximum atomic E-state index is 9.76. The first-order valence-electron chi connectivity index (χ1n) is 16.6. The van der Waals surface area contributed by atoms with E-state index < -0.39 is 0 Å². The highest BCUT2D eigenvalue weighted by Crippen LogP contribution is 2.39. The molecular weight excluding hydrogens is 609 g/mol. The molecule has 0 saturated carbocycles. The first-order valence-corrected chi connectivity index (χ1v) is 16.6. The molecule has 0 saturated heterocycles. The van der Waals surface area contributed by atoms with Crippen molar-refractivity contribution in [2.24, 2.45) is 0 Å². The zero-order valence-corrected chi connectivity index (χ0v) is 27.0. The zero-order chi connectivity index (χ0) is 33.4. The average Bonchev–Trinajstić information content (AvgIpc) is 3.20. The van der Waals surface area contributed by atoms with Gasteiger partial charge in [0.25, 0.3) is 0 Å². The molecule has 232 valence electrons. The molecule has 0 N–H and O–H groups in total.